The van der Waals surface area contributed by atoms with Crippen molar-refractivity contribution in [3.8, 4) is 22.6 Å². The molecular formula is C44H67N7O8. The van der Waals surface area contributed by atoms with Crippen LogP contribution < -0.4 is 32.3 Å². The van der Waals surface area contributed by atoms with E-state index in [1.807, 2.05) is 0 Å². The predicted molar refractivity (Wildman–Crippen MR) is 227 cm³/mol. The number of fused-ring (bicyclic) bond motifs is 5. The summed E-state index contributed by atoms with van der Waals surface area (Å²) in [4.78, 5) is 81.9. The number of rotatable bonds is 22. The van der Waals surface area contributed by atoms with Gasteiger partial charge in [-0.2, -0.15) is 0 Å². The molecule has 9 N–H and O–H groups in total. The monoisotopic (exact) mass is 822 g/mol. The third-order valence-corrected chi connectivity index (χ3v) is 10.8. The van der Waals surface area contributed by atoms with Crippen molar-refractivity contribution in [3.05, 3.63) is 47.5 Å². The van der Waals surface area contributed by atoms with Crippen molar-refractivity contribution in [2.75, 3.05) is 26.7 Å². The number of carbonyl (C=O) groups is 6. The summed E-state index contributed by atoms with van der Waals surface area (Å²) >= 11 is 0. The fraction of sp³-hybridized carbons (Fsp3) is 0.591. The van der Waals surface area contributed by atoms with Crippen molar-refractivity contribution in [2.45, 2.75) is 141 Å². The first kappa shape index (κ1) is 48.3. The lowest BCUT2D eigenvalue weighted by Gasteiger charge is -2.32. The van der Waals surface area contributed by atoms with Crippen LogP contribution in [0.25, 0.3) is 11.1 Å². The van der Waals surface area contributed by atoms with Crippen LogP contribution in [0.2, 0.25) is 0 Å². The third-order valence-electron chi connectivity index (χ3n) is 10.8. The smallest absolute Gasteiger partial charge is 0.248 e. The summed E-state index contributed by atoms with van der Waals surface area (Å²) in [5.74, 6) is -3.71. The van der Waals surface area contributed by atoms with Gasteiger partial charge in [-0.15, -0.1) is 0 Å². The van der Waals surface area contributed by atoms with E-state index in [4.69, 9.17) is 5.73 Å². The Morgan fingerprint density at radius 1 is 0.847 bits per heavy atom. The van der Waals surface area contributed by atoms with Gasteiger partial charge in [0.25, 0.3) is 0 Å². The number of nitrogens with one attached hydrogen (secondary N) is 5. The van der Waals surface area contributed by atoms with Crippen molar-refractivity contribution >= 4 is 35.3 Å². The largest absolute Gasteiger partial charge is 0.507 e. The van der Waals surface area contributed by atoms with Gasteiger partial charge in [-0.25, -0.2) is 0 Å². The number of benzene rings is 2. The summed E-state index contributed by atoms with van der Waals surface area (Å²) in [5, 5.41) is 36.2. The van der Waals surface area contributed by atoms with Crippen molar-refractivity contribution in [3.63, 3.8) is 0 Å². The molecule has 3 rings (SSSR count). The molecule has 0 fully saturated rings. The maximum atomic E-state index is 14.4. The molecule has 2 aromatic carbocycles. The number of nitrogens with two attached hydrogens (primary N) is 1. The van der Waals surface area contributed by atoms with Gasteiger partial charge in [-0.1, -0.05) is 64.0 Å². The molecule has 2 aromatic rings. The van der Waals surface area contributed by atoms with Crippen LogP contribution in [0.1, 0.15) is 122 Å². The van der Waals surface area contributed by atoms with Crippen molar-refractivity contribution in [2.24, 2.45) is 5.73 Å². The fourth-order valence-corrected chi connectivity index (χ4v) is 7.03. The highest BCUT2D eigenvalue weighted by atomic mass is 16.3. The zero-order valence-electron chi connectivity index (χ0n) is 35.5. The van der Waals surface area contributed by atoms with Crippen LogP contribution in [0, 0.1) is 0 Å². The molecule has 1 aliphatic rings. The summed E-state index contributed by atoms with van der Waals surface area (Å²) in [7, 11) is 1.43. The van der Waals surface area contributed by atoms with E-state index < -0.39 is 53.8 Å². The highest BCUT2D eigenvalue weighted by Crippen LogP contribution is 2.39. The summed E-state index contributed by atoms with van der Waals surface area (Å²) < 4.78 is 0. The van der Waals surface area contributed by atoms with Gasteiger partial charge in [0.2, 0.25) is 29.5 Å². The molecule has 326 valence electrons. The molecule has 0 spiro atoms. The van der Waals surface area contributed by atoms with Crippen LogP contribution in [0.15, 0.2) is 36.4 Å². The molecule has 15 nitrogen and oxygen atoms in total. The van der Waals surface area contributed by atoms with E-state index in [1.165, 1.54) is 95.5 Å². The Labute approximate surface area is 349 Å². The standard InChI is InChI=1S/C44H67N7O8/c1-6-7-8-9-10-11-12-15-23-46-24-21-39(55)49-35(16-13-14-22-45)44(59)51(5)40-32-18-20-38(54)34(27-32)33-25-31(17-19-37(33)53)26-36(42(57)47-28(2)30(4)52)50-41(56)29(3)48-43(40)58/h17-20,25,27-29,35-36,40,46,53-54H,6-16,21-24,26,45H2,1-5H3,(H,47,57)(H,48,58)(H,49,55)(H,50,56)/t28-,29-,35-,36-,40-/m0/s1. The number of likely N-dealkylation sites (N-methyl/N-ethyl adjacent to an activating group) is 1. The van der Waals surface area contributed by atoms with E-state index in [9.17, 15) is 39.0 Å². The number of aromatic hydroxyl groups is 2. The summed E-state index contributed by atoms with van der Waals surface area (Å²) in [6.07, 6.45) is 11.1. The van der Waals surface area contributed by atoms with Crippen LogP contribution in [-0.2, 0) is 35.2 Å². The van der Waals surface area contributed by atoms with Crippen molar-refractivity contribution < 1.29 is 39.0 Å². The Morgan fingerprint density at radius 3 is 2.15 bits per heavy atom. The average molecular weight is 822 g/mol. The molecule has 15 heteroatoms. The van der Waals surface area contributed by atoms with E-state index in [2.05, 4.69) is 33.5 Å². The van der Waals surface area contributed by atoms with Crippen LogP contribution in [-0.4, -0.2) is 101 Å². The SMILES string of the molecule is CCCCCCCCCCNCCC(=O)N[C@@H](CCCCN)C(=O)N(C)[C@@H]1C(=O)N[C@@H](C)C(=O)N[C@H](C(=O)N[C@@H](C)C(C)=O)Cc2ccc(O)c(c2)-c2cc1ccc2O. The lowest BCUT2D eigenvalue weighted by Crippen LogP contribution is -2.56. The molecular weight excluding hydrogens is 755 g/mol. The number of unbranched alkanes of at least 4 members (excludes halogenated alkanes) is 8. The topological polar surface area (TPSA) is 232 Å². The van der Waals surface area contributed by atoms with E-state index in [0.29, 0.717) is 31.5 Å². The molecule has 5 amide bonds. The minimum Gasteiger partial charge on any atom is -0.507 e. The Hall–Kier alpha value is -5.02. The van der Waals surface area contributed by atoms with Gasteiger partial charge >= 0.3 is 0 Å². The van der Waals surface area contributed by atoms with Gasteiger partial charge in [0, 0.05) is 37.6 Å². The normalized spacial score (nSPS) is 17.8. The first-order valence-corrected chi connectivity index (χ1v) is 21.2. The molecule has 0 unspecified atom stereocenters. The van der Waals surface area contributed by atoms with Gasteiger partial charge < -0.3 is 47.4 Å². The van der Waals surface area contributed by atoms with Gasteiger partial charge in [-0.3, -0.25) is 28.8 Å². The summed E-state index contributed by atoms with van der Waals surface area (Å²) in [6.45, 7) is 8.11. The van der Waals surface area contributed by atoms with Crippen molar-refractivity contribution in [1.82, 2.24) is 31.5 Å². The predicted octanol–water partition coefficient (Wildman–Crippen LogP) is 3.64. The average Bonchev–Trinajstić information content (AvgIpc) is 3.19. The fourth-order valence-electron chi connectivity index (χ4n) is 7.03. The summed E-state index contributed by atoms with van der Waals surface area (Å²) in [5.41, 5.74) is 6.84. The molecule has 0 radical (unpaired) electrons. The molecule has 59 heavy (non-hydrogen) atoms. The number of phenols is 2. The van der Waals surface area contributed by atoms with E-state index >= 15 is 0 Å². The van der Waals surface area contributed by atoms with E-state index in [1.54, 1.807) is 12.1 Å². The molecule has 0 saturated heterocycles. The lowest BCUT2D eigenvalue weighted by molar-refractivity contribution is -0.143. The maximum Gasteiger partial charge on any atom is 0.248 e. The molecule has 1 heterocycles. The maximum absolute atomic E-state index is 14.4. The van der Waals surface area contributed by atoms with Gasteiger partial charge in [0.1, 0.15) is 35.7 Å². The second-order valence-electron chi connectivity index (χ2n) is 15.7. The molecule has 1 aliphatic heterocycles. The van der Waals surface area contributed by atoms with Gasteiger partial charge in [0.15, 0.2) is 5.78 Å². The zero-order valence-corrected chi connectivity index (χ0v) is 35.5. The quantitative estimate of drug-likeness (QED) is 0.0804. The molecule has 4 bridgehead atoms. The first-order valence-electron chi connectivity index (χ1n) is 21.2. The Morgan fingerprint density at radius 2 is 1.49 bits per heavy atom. The molecule has 0 aromatic heterocycles. The number of amides is 5. The van der Waals surface area contributed by atoms with Crippen LogP contribution in [0.3, 0.4) is 0 Å². The number of carbonyl (C=O) groups excluding carboxylic acids is 6. The van der Waals surface area contributed by atoms with Crippen LogP contribution in [0.5, 0.6) is 11.5 Å². The zero-order chi connectivity index (χ0) is 43.5. The Bertz CT molecular complexity index is 1740. The van der Waals surface area contributed by atoms with E-state index in [-0.39, 0.29) is 59.1 Å². The lowest BCUT2D eigenvalue weighted by atomic mass is 9.93. The Kier molecular flexibility index (Phi) is 20.3. The Balaban J connectivity index is 1.88. The molecule has 0 aliphatic carbocycles. The molecule has 0 saturated carbocycles. The number of ketones is 1. The van der Waals surface area contributed by atoms with Crippen molar-refractivity contribution in [1.29, 1.82) is 0 Å². The first-order chi connectivity index (χ1) is 28.2. The van der Waals surface area contributed by atoms with E-state index in [0.717, 1.165) is 19.4 Å². The number of nitrogens with zero attached hydrogens (tertiary/aromatic N) is 1. The van der Waals surface area contributed by atoms with Gasteiger partial charge in [-0.05, 0) is 94.9 Å². The summed E-state index contributed by atoms with van der Waals surface area (Å²) in [6, 6.07) is 3.23. The third kappa shape index (κ3) is 15.3. The number of hydrogen-bond donors (Lipinski definition) is 8. The second-order valence-corrected chi connectivity index (χ2v) is 15.7. The van der Waals surface area contributed by atoms with Crippen LogP contribution >= 0.6 is 0 Å². The molecule has 5 atom stereocenters. The number of Topliss-reactive ketones (excluding diaryl/α,β-unsaturated/α-hetero) is 1. The minimum atomic E-state index is -1.37. The minimum absolute atomic E-state index is 0.0525. The highest BCUT2D eigenvalue weighted by molar-refractivity contribution is 5.97. The highest BCUT2D eigenvalue weighted by Gasteiger charge is 2.36. The number of phenolic OH excluding ortho intramolecular Hbond substituents is 2. The second kappa shape index (κ2) is 24.8. The number of hydrogen-bond acceptors (Lipinski definition) is 10. The van der Waals surface area contributed by atoms with Crippen LogP contribution in [0.4, 0.5) is 0 Å². The van der Waals surface area contributed by atoms with Gasteiger partial charge in [0.05, 0.1) is 6.04 Å².